The Morgan fingerprint density at radius 3 is 2.13 bits per heavy atom. The quantitative estimate of drug-likeness (QED) is 0.681. The maximum absolute atomic E-state index is 10.5. The van der Waals surface area contributed by atoms with Crippen LogP contribution in [-0.4, -0.2) is 10.7 Å². The molecule has 0 aliphatic rings. The van der Waals surface area contributed by atoms with Crippen molar-refractivity contribution in [2.24, 2.45) is 11.3 Å². The van der Waals surface area contributed by atoms with Gasteiger partial charge in [0.2, 0.25) is 0 Å². The summed E-state index contributed by atoms with van der Waals surface area (Å²) in [6.45, 7) is 16.0. The van der Waals surface area contributed by atoms with E-state index in [9.17, 15) is 5.11 Å². The summed E-state index contributed by atoms with van der Waals surface area (Å²) < 4.78 is 0. The van der Waals surface area contributed by atoms with Crippen LogP contribution in [0.4, 0.5) is 0 Å². The largest absolute Gasteiger partial charge is 0.389 e. The van der Waals surface area contributed by atoms with Gasteiger partial charge in [-0.2, -0.15) is 0 Å². The van der Waals surface area contributed by atoms with E-state index in [2.05, 4.69) is 40.3 Å². The van der Waals surface area contributed by atoms with Gasteiger partial charge in [0.05, 0.1) is 5.60 Å². The predicted octanol–water partition coefficient (Wildman–Crippen LogP) is 3.94. The monoisotopic (exact) mass is 210 g/mol. The van der Waals surface area contributed by atoms with E-state index in [1.54, 1.807) is 0 Å². The summed E-state index contributed by atoms with van der Waals surface area (Å²) in [4.78, 5) is 0. The van der Waals surface area contributed by atoms with E-state index in [1.165, 1.54) is 5.57 Å². The molecule has 1 heteroatoms. The van der Waals surface area contributed by atoms with Crippen molar-refractivity contribution in [3.63, 3.8) is 0 Å². The maximum Gasteiger partial charge on any atom is 0.0696 e. The molecule has 15 heavy (non-hydrogen) atoms. The average molecular weight is 210 g/mol. The number of rotatable bonds is 5. The molecule has 1 atom stereocenters. The maximum atomic E-state index is 10.5. The molecule has 0 aromatic heterocycles. The van der Waals surface area contributed by atoms with Gasteiger partial charge in [-0.25, -0.2) is 0 Å². The Labute approximate surface area is 94.9 Å². The molecule has 1 N–H and O–H groups in total. The smallest absolute Gasteiger partial charge is 0.0696 e. The SMILES string of the molecule is C=C/C(C)=C/CC(C)(C)C(C)(O)C(C)C. The molecule has 0 rings (SSSR count). The van der Waals surface area contributed by atoms with Gasteiger partial charge in [0, 0.05) is 0 Å². The topological polar surface area (TPSA) is 20.2 Å². The molecule has 0 spiro atoms. The van der Waals surface area contributed by atoms with Crippen LogP contribution >= 0.6 is 0 Å². The van der Waals surface area contributed by atoms with Crippen molar-refractivity contribution in [1.29, 1.82) is 0 Å². The lowest BCUT2D eigenvalue weighted by Gasteiger charge is -2.43. The Morgan fingerprint density at radius 1 is 1.33 bits per heavy atom. The number of aliphatic hydroxyl groups is 1. The fourth-order valence-electron chi connectivity index (χ4n) is 1.49. The fraction of sp³-hybridized carbons (Fsp3) is 0.714. The summed E-state index contributed by atoms with van der Waals surface area (Å²) in [5.41, 5.74) is 0.402. The third-order valence-electron chi connectivity index (χ3n) is 3.75. The summed E-state index contributed by atoms with van der Waals surface area (Å²) in [5.74, 6) is 0.255. The molecular weight excluding hydrogens is 184 g/mol. The van der Waals surface area contributed by atoms with Gasteiger partial charge in [-0.1, -0.05) is 52.0 Å². The predicted molar refractivity (Wildman–Crippen MR) is 67.8 cm³/mol. The van der Waals surface area contributed by atoms with Gasteiger partial charge in [0.15, 0.2) is 0 Å². The number of hydrogen-bond donors (Lipinski definition) is 1. The molecule has 0 fully saturated rings. The minimum atomic E-state index is -0.648. The molecular formula is C14H26O. The number of hydrogen-bond acceptors (Lipinski definition) is 1. The van der Waals surface area contributed by atoms with Crippen LogP contribution in [-0.2, 0) is 0 Å². The molecule has 0 heterocycles. The van der Waals surface area contributed by atoms with Crippen LogP contribution in [0.3, 0.4) is 0 Å². The third-order valence-corrected chi connectivity index (χ3v) is 3.75. The molecule has 0 bridgehead atoms. The molecule has 0 radical (unpaired) electrons. The van der Waals surface area contributed by atoms with E-state index in [0.717, 1.165) is 6.42 Å². The summed E-state index contributed by atoms with van der Waals surface area (Å²) in [6, 6.07) is 0. The Balaban J connectivity index is 4.75. The summed E-state index contributed by atoms with van der Waals surface area (Å²) in [5, 5.41) is 10.5. The molecule has 88 valence electrons. The zero-order valence-corrected chi connectivity index (χ0v) is 11.1. The van der Waals surface area contributed by atoms with Crippen molar-refractivity contribution in [2.75, 3.05) is 0 Å². The summed E-state index contributed by atoms with van der Waals surface area (Å²) in [7, 11) is 0. The first kappa shape index (κ1) is 14.4. The van der Waals surface area contributed by atoms with Crippen molar-refractivity contribution < 1.29 is 5.11 Å². The highest BCUT2D eigenvalue weighted by Crippen LogP contribution is 2.39. The molecule has 0 saturated carbocycles. The molecule has 0 amide bonds. The highest BCUT2D eigenvalue weighted by Gasteiger charge is 2.40. The lowest BCUT2D eigenvalue weighted by atomic mass is 9.68. The van der Waals surface area contributed by atoms with Crippen molar-refractivity contribution in [2.45, 2.75) is 53.6 Å². The second kappa shape index (κ2) is 4.98. The first-order valence-electron chi connectivity index (χ1n) is 5.66. The van der Waals surface area contributed by atoms with E-state index in [1.807, 2.05) is 19.9 Å². The second-order valence-corrected chi connectivity index (χ2v) is 5.54. The molecule has 1 unspecified atom stereocenters. The van der Waals surface area contributed by atoms with Gasteiger partial charge < -0.3 is 5.11 Å². The Bertz CT molecular complexity index is 244. The minimum Gasteiger partial charge on any atom is -0.389 e. The van der Waals surface area contributed by atoms with E-state index in [-0.39, 0.29) is 11.3 Å². The summed E-state index contributed by atoms with van der Waals surface area (Å²) >= 11 is 0. The highest BCUT2D eigenvalue weighted by molar-refractivity contribution is 5.14. The van der Waals surface area contributed by atoms with Gasteiger partial charge >= 0.3 is 0 Å². The van der Waals surface area contributed by atoms with Crippen LogP contribution in [0.1, 0.15) is 48.0 Å². The molecule has 0 aliphatic heterocycles. The second-order valence-electron chi connectivity index (χ2n) is 5.54. The zero-order chi connectivity index (χ0) is 12.3. The Kier molecular flexibility index (Phi) is 4.79. The van der Waals surface area contributed by atoms with Gasteiger partial charge in [-0.3, -0.25) is 0 Å². The summed E-state index contributed by atoms with van der Waals surface area (Å²) in [6.07, 6.45) is 4.86. The molecule has 0 aliphatic carbocycles. The van der Waals surface area contributed by atoms with E-state index >= 15 is 0 Å². The van der Waals surface area contributed by atoms with Crippen LogP contribution in [0.2, 0.25) is 0 Å². The van der Waals surface area contributed by atoms with Crippen LogP contribution in [0.5, 0.6) is 0 Å². The molecule has 0 aromatic rings. The van der Waals surface area contributed by atoms with Gasteiger partial charge in [-0.05, 0) is 31.6 Å². The Morgan fingerprint density at radius 2 is 1.80 bits per heavy atom. The molecule has 1 nitrogen and oxygen atoms in total. The van der Waals surface area contributed by atoms with E-state index < -0.39 is 5.60 Å². The first-order chi connectivity index (χ1) is 6.65. The zero-order valence-electron chi connectivity index (χ0n) is 11.1. The van der Waals surface area contributed by atoms with Gasteiger partial charge in [0.25, 0.3) is 0 Å². The van der Waals surface area contributed by atoms with Crippen LogP contribution in [0, 0.1) is 11.3 Å². The van der Waals surface area contributed by atoms with Crippen LogP contribution < -0.4 is 0 Å². The normalized spacial score (nSPS) is 17.7. The van der Waals surface area contributed by atoms with Crippen LogP contribution in [0.15, 0.2) is 24.3 Å². The first-order valence-corrected chi connectivity index (χ1v) is 5.66. The minimum absolute atomic E-state index is 0.120. The van der Waals surface area contributed by atoms with Crippen molar-refractivity contribution in [3.05, 3.63) is 24.3 Å². The highest BCUT2D eigenvalue weighted by atomic mass is 16.3. The van der Waals surface area contributed by atoms with Crippen LogP contribution in [0.25, 0.3) is 0 Å². The number of allylic oxidation sites excluding steroid dienone is 3. The van der Waals surface area contributed by atoms with Crippen molar-refractivity contribution in [3.8, 4) is 0 Å². The lowest BCUT2D eigenvalue weighted by Crippen LogP contribution is -2.46. The Hall–Kier alpha value is -0.560. The van der Waals surface area contributed by atoms with E-state index in [0.29, 0.717) is 0 Å². The van der Waals surface area contributed by atoms with E-state index in [4.69, 9.17) is 0 Å². The third kappa shape index (κ3) is 3.49. The fourth-order valence-corrected chi connectivity index (χ4v) is 1.49. The lowest BCUT2D eigenvalue weighted by molar-refractivity contribution is -0.0858. The standard InChI is InChI=1S/C14H26O/c1-8-12(4)9-10-13(5,6)14(7,15)11(2)3/h8-9,11,15H,1,10H2,2-7H3/b12-9+. The van der Waals surface area contributed by atoms with Crippen molar-refractivity contribution >= 4 is 0 Å². The molecule has 0 aromatic carbocycles. The molecule has 0 saturated heterocycles. The van der Waals surface area contributed by atoms with Crippen molar-refractivity contribution in [1.82, 2.24) is 0 Å². The van der Waals surface area contributed by atoms with Gasteiger partial charge in [0.1, 0.15) is 0 Å². The average Bonchev–Trinajstić information content (AvgIpc) is 2.13. The van der Waals surface area contributed by atoms with Gasteiger partial charge in [-0.15, -0.1) is 0 Å².